The molecule has 0 aromatic heterocycles. The van der Waals surface area contributed by atoms with Crippen molar-refractivity contribution in [3.63, 3.8) is 0 Å². The van der Waals surface area contributed by atoms with Crippen molar-refractivity contribution in [3.05, 3.63) is 33.8 Å². The van der Waals surface area contributed by atoms with Gasteiger partial charge in [0.1, 0.15) is 0 Å². The smallest absolute Gasteiger partial charge is 0.185 e. The van der Waals surface area contributed by atoms with Gasteiger partial charge in [-0.3, -0.25) is 4.79 Å². The van der Waals surface area contributed by atoms with Gasteiger partial charge in [-0.2, -0.15) is 0 Å². The first kappa shape index (κ1) is 13.3. The predicted octanol–water partition coefficient (Wildman–Crippen LogP) is 3.78. The molecule has 0 aliphatic rings. The van der Waals surface area contributed by atoms with Crippen LogP contribution in [0.5, 0.6) is 0 Å². The molecule has 0 heterocycles. The molecule has 16 heavy (non-hydrogen) atoms. The Morgan fingerprint density at radius 2 is 2.25 bits per heavy atom. The summed E-state index contributed by atoms with van der Waals surface area (Å²) in [6.07, 6.45) is 0.741. The minimum atomic E-state index is 0.151. The molecule has 1 nitrogen and oxygen atoms in total. The summed E-state index contributed by atoms with van der Waals surface area (Å²) in [6.45, 7) is 3.63. The highest BCUT2D eigenvalue weighted by molar-refractivity contribution is 9.10. The fraction of sp³-hybridized carbons (Fsp3) is 0.308. The molecule has 3 heteroatoms. The highest BCUT2D eigenvalue weighted by Gasteiger charge is 1.95. The molecule has 0 aliphatic heterocycles. The van der Waals surface area contributed by atoms with E-state index >= 15 is 0 Å². The summed E-state index contributed by atoms with van der Waals surface area (Å²) in [5.41, 5.74) is 2.21. The van der Waals surface area contributed by atoms with Gasteiger partial charge in [-0.25, -0.2) is 0 Å². The van der Waals surface area contributed by atoms with Crippen molar-refractivity contribution < 1.29 is 4.79 Å². The SMILES string of the molecule is CC(=O)SCCC#Cc1ccc(C)cc1Br. The zero-order valence-corrected chi connectivity index (χ0v) is 11.7. The summed E-state index contributed by atoms with van der Waals surface area (Å²) < 4.78 is 1.03. The van der Waals surface area contributed by atoms with E-state index < -0.39 is 0 Å². The molecule has 0 radical (unpaired) electrons. The van der Waals surface area contributed by atoms with Gasteiger partial charge in [0.2, 0.25) is 0 Å². The summed E-state index contributed by atoms with van der Waals surface area (Å²) in [7, 11) is 0. The van der Waals surface area contributed by atoms with Crippen LogP contribution in [0.3, 0.4) is 0 Å². The van der Waals surface area contributed by atoms with E-state index in [0.29, 0.717) is 0 Å². The number of rotatable bonds is 2. The van der Waals surface area contributed by atoms with E-state index in [1.807, 2.05) is 25.1 Å². The van der Waals surface area contributed by atoms with Crippen LogP contribution >= 0.6 is 27.7 Å². The molecule has 0 fully saturated rings. The molecule has 1 aromatic rings. The van der Waals surface area contributed by atoms with Crippen LogP contribution in [0.2, 0.25) is 0 Å². The van der Waals surface area contributed by atoms with E-state index in [1.165, 1.54) is 17.3 Å². The lowest BCUT2D eigenvalue weighted by atomic mass is 10.1. The lowest BCUT2D eigenvalue weighted by Gasteiger charge is -1.97. The van der Waals surface area contributed by atoms with E-state index in [0.717, 1.165) is 22.2 Å². The Labute approximate surface area is 109 Å². The van der Waals surface area contributed by atoms with Gasteiger partial charge in [-0.15, -0.1) is 0 Å². The van der Waals surface area contributed by atoms with Crippen LogP contribution < -0.4 is 0 Å². The van der Waals surface area contributed by atoms with Crippen LogP contribution in [-0.4, -0.2) is 10.9 Å². The van der Waals surface area contributed by atoms with Crippen molar-refractivity contribution in [2.45, 2.75) is 20.3 Å². The van der Waals surface area contributed by atoms with Gasteiger partial charge in [0, 0.05) is 29.1 Å². The number of hydrogen-bond acceptors (Lipinski definition) is 2. The van der Waals surface area contributed by atoms with Crippen molar-refractivity contribution in [1.29, 1.82) is 0 Å². The van der Waals surface area contributed by atoms with Crippen LogP contribution in [0, 0.1) is 18.8 Å². The van der Waals surface area contributed by atoms with Crippen LogP contribution in [-0.2, 0) is 4.79 Å². The largest absolute Gasteiger partial charge is 0.288 e. The Morgan fingerprint density at radius 3 is 2.88 bits per heavy atom. The number of thioether (sulfide) groups is 1. The first-order chi connectivity index (χ1) is 7.59. The molecule has 0 saturated heterocycles. The Hall–Kier alpha value is -0.720. The Morgan fingerprint density at radius 1 is 1.50 bits per heavy atom. The number of hydrogen-bond donors (Lipinski definition) is 0. The fourth-order valence-corrected chi connectivity index (χ4v) is 2.21. The molecule has 84 valence electrons. The molecule has 0 amide bonds. The van der Waals surface area contributed by atoms with Gasteiger partial charge in [0.25, 0.3) is 0 Å². The molecule has 0 aliphatic carbocycles. The minimum Gasteiger partial charge on any atom is -0.288 e. The second-order valence-electron chi connectivity index (χ2n) is 3.38. The third-order valence-corrected chi connectivity index (χ3v) is 3.35. The van der Waals surface area contributed by atoms with Crippen LogP contribution in [0.25, 0.3) is 0 Å². The first-order valence-electron chi connectivity index (χ1n) is 4.98. The van der Waals surface area contributed by atoms with Crippen LogP contribution in [0.15, 0.2) is 22.7 Å². The Bertz CT molecular complexity index is 443. The molecular formula is C13H13BrOS. The topological polar surface area (TPSA) is 17.1 Å². The maximum absolute atomic E-state index is 10.7. The van der Waals surface area contributed by atoms with Gasteiger partial charge in [0.15, 0.2) is 5.12 Å². The van der Waals surface area contributed by atoms with Crippen molar-refractivity contribution in [1.82, 2.24) is 0 Å². The number of carbonyl (C=O) groups is 1. The molecule has 0 unspecified atom stereocenters. The average molecular weight is 297 g/mol. The molecule has 0 saturated carbocycles. The van der Waals surface area contributed by atoms with E-state index in [9.17, 15) is 4.79 Å². The normalized spacial score (nSPS) is 9.44. The molecule has 0 spiro atoms. The first-order valence-corrected chi connectivity index (χ1v) is 6.76. The van der Waals surface area contributed by atoms with E-state index in [-0.39, 0.29) is 5.12 Å². The zero-order valence-electron chi connectivity index (χ0n) is 9.34. The lowest BCUT2D eigenvalue weighted by Crippen LogP contribution is -1.84. The van der Waals surface area contributed by atoms with E-state index in [1.54, 1.807) is 6.92 Å². The lowest BCUT2D eigenvalue weighted by molar-refractivity contribution is -0.109. The summed E-state index contributed by atoms with van der Waals surface area (Å²) in [5.74, 6) is 6.93. The summed E-state index contributed by atoms with van der Waals surface area (Å²) in [4.78, 5) is 10.7. The summed E-state index contributed by atoms with van der Waals surface area (Å²) in [5, 5.41) is 0.151. The molecule has 1 aromatic carbocycles. The van der Waals surface area contributed by atoms with Crippen molar-refractivity contribution in [3.8, 4) is 11.8 Å². The zero-order chi connectivity index (χ0) is 12.0. The molecule has 0 N–H and O–H groups in total. The second kappa shape index (κ2) is 6.78. The molecular weight excluding hydrogens is 284 g/mol. The van der Waals surface area contributed by atoms with Crippen molar-refractivity contribution in [2.75, 3.05) is 5.75 Å². The van der Waals surface area contributed by atoms with Gasteiger partial charge in [0.05, 0.1) is 0 Å². The van der Waals surface area contributed by atoms with Crippen molar-refractivity contribution >= 4 is 32.8 Å². The summed E-state index contributed by atoms with van der Waals surface area (Å²) >= 11 is 4.80. The number of carbonyl (C=O) groups excluding carboxylic acids is 1. The number of aryl methyl sites for hydroxylation is 1. The molecule has 0 atom stereocenters. The van der Waals surface area contributed by atoms with Gasteiger partial charge >= 0.3 is 0 Å². The van der Waals surface area contributed by atoms with E-state index in [4.69, 9.17) is 0 Å². The highest BCUT2D eigenvalue weighted by atomic mass is 79.9. The minimum absolute atomic E-state index is 0.151. The monoisotopic (exact) mass is 296 g/mol. The summed E-state index contributed by atoms with van der Waals surface area (Å²) in [6, 6.07) is 6.10. The Kier molecular flexibility index (Phi) is 5.65. The maximum atomic E-state index is 10.7. The Balaban J connectivity index is 2.53. The third-order valence-electron chi connectivity index (χ3n) is 1.88. The fourth-order valence-electron chi connectivity index (χ4n) is 1.13. The second-order valence-corrected chi connectivity index (χ2v) is 5.50. The van der Waals surface area contributed by atoms with Gasteiger partial charge in [-0.1, -0.05) is 29.7 Å². The highest BCUT2D eigenvalue weighted by Crippen LogP contribution is 2.17. The average Bonchev–Trinajstić information content (AvgIpc) is 2.20. The van der Waals surface area contributed by atoms with Crippen LogP contribution in [0.4, 0.5) is 0 Å². The molecule has 0 bridgehead atoms. The maximum Gasteiger partial charge on any atom is 0.185 e. The molecule has 1 rings (SSSR count). The number of benzene rings is 1. The van der Waals surface area contributed by atoms with Gasteiger partial charge < -0.3 is 0 Å². The standard InChI is InChI=1S/C13H13BrOS/c1-10-6-7-12(13(14)9-10)5-3-4-8-16-11(2)15/h6-7,9H,4,8H2,1-2H3. The predicted molar refractivity (Wildman–Crippen MR) is 73.5 cm³/mol. The van der Waals surface area contributed by atoms with E-state index in [2.05, 4.69) is 27.8 Å². The van der Waals surface area contributed by atoms with Crippen LogP contribution in [0.1, 0.15) is 24.5 Å². The quantitative estimate of drug-likeness (QED) is 0.610. The number of halogens is 1. The van der Waals surface area contributed by atoms with Gasteiger partial charge in [-0.05, 0) is 40.5 Å². The third kappa shape index (κ3) is 4.87. The van der Waals surface area contributed by atoms with Crippen molar-refractivity contribution in [2.24, 2.45) is 0 Å².